The Morgan fingerprint density at radius 2 is 1.86 bits per heavy atom. The minimum Gasteiger partial charge on any atom is -0.487 e. The highest BCUT2D eigenvalue weighted by molar-refractivity contribution is 6.30. The first-order chi connectivity index (χ1) is 13.4. The molecule has 0 spiro atoms. The number of benzene rings is 3. The molecule has 0 amide bonds. The molecular formula is C24H21ClO3. The molecule has 1 atom stereocenters. The molecule has 3 aromatic carbocycles. The van der Waals surface area contributed by atoms with Crippen molar-refractivity contribution in [1.29, 1.82) is 0 Å². The van der Waals surface area contributed by atoms with E-state index in [0.29, 0.717) is 0 Å². The van der Waals surface area contributed by atoms with Crippen LogP contribution < -0.4 is 4.74 Å². The van der Waals surface area contributed by atoms with Crippen LogP contribution in [0.25, 0.3) is 11.1 Å². The predicted molar refractivity (Wildman–Crippen MR) is 111 cm³/mol. The zero-order valence-corrected chi connectivity index (χ0v) is 16.4. The zero-order chi connectivity index (χ0) is 19.7. The van der Waals surface area contributed by atoms with Crippen molar-refractivity contribution in [2.75, 3.05) is 0 Å². The lowest BCUT2D eigenvalue weighted by molar-refractivity contribution is 0.0654. The summed E-state index contributed by atoms with van der Waals surface area (Å²) in [5.41, 5.74) is 4.13. The number of aryl methyl sites for hydroxylation is 1. The molecule has 4 heteroatoms. The van der Waals surface area contributed by atoms with Crippen LogP contribution in [0.3, 0.4) is 0 Å². The fourth-order valence-corrected chi connectivity index (χ4v) is 4.00. The van der Waals surface area contributed by atoms with Gasteiger partial charge in [0.25, 0.3) is 0 Å². The molecule has 0 aliphatic carbocycles. The van der Waals surface area contributed by atoms with Gasteiger partial charge in [-0.3, -0.25) is 0 Å². The van der Waals surface area contributed by atoms with Crippen molar-refractivity contribution in [3.8, 4) is 16.9 Å². The molecule has 1 N–H and O–H groups in total. The summed E-state index contributed by atoms with van der Waals surface area (Å²) in [6, 6.07) is 21.0. The largest absolute Gasteiger partial charge is 0.487 e. The Morgan fingerprint density at radius 1 is 1.07 bits per heavy atom. The van der Waals surface area contributed by atoms with Gasteiger partial charge in [-0.05, 0) is 72.4 Å². The van der Waals surface area contributed by atoms with Crippen LogP contribution in [0, 0.1) is 0 Å². The molecule has 3 nitrogen and oxygen atoms in total. The molecule has 28 heavy (non-hydrogen) atoms. The van der Waals surface area contributed by atoms with Crippen molar-refractivity contribution in [3.05, 3.63) is 88.4 Å². The Bertz CT molecular complexity index is 1040. The molecular weight excluding hydrogens is 372 g/mol. The molecule has 1 heterocycles. The monoisotopic (exact) mass is 392 g/mol. The number of hydrogen-bond donors (Lipinski definition) is 1. The van der Waals surface area contributed by atoms with Gasteiger partial charge in [0.1, 0.15) is 11.4 Å². The summed E-state index contributed by atoms with van der Waals surface area (Å²) < 4.78 is 6.44. The number of hydrogen-bond acceptors (Lipinski definition) is 2. The zero-order valence-electron chi connectivity index (χ0n) is 15.6. The number of carboxylic acids is 1. The molecule has 142 valence electrons. The van der Waals surface area contributed by atoms with Crippen LogP contribution in [0.5, 0.6) is 5.75 Å². The number of ether oxygens (including phenoxy) is 1. The summed E-state index contributed by atoms with van der Waals surface area (Å²) in [6.45, 7) is 2.13. The molecule has 0 aromatic heterocycles. The second kappa shape index (κ2) is 7.33. The van der Waals surface area contributed by atoms with Crippen LogP contribution >= 0.6 is 11.6 Å². The Labute approximate surface area is 169 Å². The standard InChI is InChI=1S/C24H21ClO3/c1-24(15-16-4-2-7-21(25)12-16)11-10-17-8-9-19(14-22(17)28-24)18-5-3-6-20(13-18)23(26)27/h2-9,12-14H,10-11,15H2,1H3,(H,26,27). The second-order valence-electron chi connectivity index (χ2n) is 7.57. The lowest BCUT2D eigenvalue weighted by Crippen LogP contribution is -2.38. The summed E-state index contributed by atoms with van der Waals surface area (Å²) in [7, 11) is 0. The fraction of sp³-hybridized carbons (Fsp3) is 0.208. The third-order valence-corrected chi connectivity index (χ3v) is 5.49. The van der Waals surface area contributed by atoms with E-state index < -0.39 is 5.97 Å². The number of carboxylic acid groups (broad SMARTS) is 1. The quantitative estimate of drug-likeness (QED) is 0.589. The van der Waals surface area contributed by atoms with Gasteiger partial charge in [0, 0.05) is 11.4 Å². The van der Waals surface area contributed by atoms with Crippen LogP contribution in [0.1, 0.15) is 34.8 Å². The Balaban J connectivity index is 1.62. The predicted octanol–water partition coefficient (Wildman–Crippen LogP) is 6.03. The molecule has 0 saturated carbocycles. The van der Waals surface area contributed by atoms with Gasteiger partial charge in [-0.15, -0.1) is 0 Å². The van der Waals surface area contributed by atoms with Gasteiger partial charge >= 0.3 is 5.97 Å². The van der Waals surface area contributed by atoms with E-state index in [-0.39, 0.29) is 11.2 Å². The number of aromatic carboxylic acids is 1. The SMILES string of the molecule is CC1(Cc2cccc(Cl)c2)CCc2ccc(-c3cccc(C(=O)O)c3)cc2O1. The minimum atomic E-state index is -0.926. The summed E-state index contributed by atoms with van der Waals surface area (Å²) >= 11 is 6.13. The van der Waals surface area contributed by atoms with Crippen molar-refractivity contribution in [2.45, 2.75) is 31.8 Å². The first-order valence-corrected chi connectivity index (χ1v) is 9.70. The van der Waals surface area contributed by atoms with E-state index in [1.165, 1.54) is 5.56 Å². The van der Waals surface area contributed by atoms with Crippen LogP contribution in [-0.4, -0.2) is 16.7 Å². The van der Waals surface area contributed by atoms with Gasteiger partial charge in [-0.2, -0.15) is 0 Å². The van der Waals surface area contributed by atoms with E-state index in [4.69, 9.17) is 16.3 Å². The first kappa shape index (κ1) is 18.6. The first-order valence-electron chi connectivity index (χ1n) is 9.32. The maximum Gasteiger partial charge on any atom is 0.335 e. The Kier molecular flexibility index (Phi) is 4.86. The maximum absolute atomic E-state index is 11.3. The summed E-state index contributed by atoms with van der Waals surface area (Å²) in [6.07, 6.45) is 2.66. The van der Waals surface area contributed by atoms with Gasteiger partial charge in [0.2, 0.25) is 0 Å². The smallest absolute Gasteiger partial charge is 0.335 e. The number of rotatable bonds is 4. The van der Waals surface area contributed by atoms with Crippen LogP contribution in [0.15, 0.2) is 66.7 Å². The average molecular weight is 393 g/mol. The molecule has 0 radical (unpaired) electrons. The lowest BCUT2D eigenvalue weighted by atomic mass is 9.86. The third-order valence-electron chi connectivity index (χ3n) is 5.26. The lowest BCUT2D eigenvalue weighted by Gasteiger charge is -2.36. The van der Waals surface area contributed by atoms with Gasteiger partial charge < -0.3 is 9.84 Å². The molecule has 3 aromatic rings. The van der Waals surface area contributed by atoms with E-state index in [9.17, 15) is 9.90 Å². The van der Waals surface area contributed by atoms with Gasteiger partial charge in [0.05, 0.1) is 5.56 Å². The topological polar surface area (TPSA) is 46.5 Å². The molecule has 1 aliphatic heterocycles. The van der Waals surface area contributed by atoms with E-state index in [1.807, 2.05) is 36.4 Å². The van der Waals surface area contributed by atoms with Gasteiger partial charge in [-0.1, -0.05) is 48.0 Å². The van der Waals surface area contributed by atoms with Crippen LogP contribution in [0.4, 0.5) is 0 Å². The van der Waals surface area contributed by atoms with Crippen molar-refractivity contribution < 1.29 is 14.6 Å². The third kappa shape index (κ3) is 3.90. The van der Waals surface area contributed by atoms with Crippen molar-refractivity contribution >= 4 is 17.6 Å². The summed E-state index contributed by atoms with van der Waals surface area (Å²) in [5, 5.41) is 9.98. The Morgan fingerprint density at radius 3 is 2.64 bits per heavy atom. The Hall–Kier alpha value is -2.78. The summed E-state index contributed by atoms with van der Waals surface area (Å²) in [5.74, 6) is -0.0563. The van der Waals surface area contributed by atoms with Gasteiger partial charge in [0.15, 0.2) is 0 Å². The highest BCUT2D eigenvalue weighted by atomic mass is 35.5. The second-order valence-corrected chi connectivity index (χ2v) is 8.00. The average Bonchev–Trinajstić information content (AvgIpc) is 2.67. The minimum absolute atomic E-state index is 0.280. The van der Waals surface area contributed by atoms with E-state index in [2.05, 4.69) is 19.1 Å². The fourth-order valence-electron chi connectivity index (χ4n) is 3.79. The van der Waals surface area contributed by atoms with E-state index >= 15 is 0 Å². The highest BCUT2D eigenvalue weighted by Gasteiger charge is 2.32. The highest BCUT2D eigenvalue weighted by Crippen LogP contribution is 2.38. The number of carbonyl (C=O) groups is 1. The van der Waals surface area contributed by atoms with E-state index in [0.717, 1.165) is 46.7 Å². The van der Waals surface area contributed by atoms with Crippen molar-refractivity contribution in [1.82, 2.24) is 0 Å². The van der Waals surface area contributed by atoms with Gasteiger partial charge in [-0.25, -0.2) is 4.79 Å². The molecule has 0 fully saturated rings. The van der Waals surface area contributed by atoms with Crippen LogP contribution in [-0.2, 0) is 12.8 Å². The normalized spacial score (nSPS) is 18.2. The van der Waals surface area contributed by atoms with Crippen molar-refractivity contribution in [3.63, 3.8) is 0 Å². The van der Waals surface area contributed by atoms with E-state index in [1.54, 1.807) is 18.2 Å². The number of fused-ring (bicyclic) bond motifs is 1. The molecule has 1 aliphatic rings. The molecule has 4 rings (SSSR count). The molecule has 1 unspecified atom stereocenters. The summed E-state index contributed by atoms with van der Waals surface area (Å²) in [4.78, 5) is 11.3. The van der Waals surface area contributed by atoms with Crippen molar-refractivity contribution in [2.24, 2.45) is 0 Å². The molecule has 0 bridgehead atoms. The van der Waals surface area contributed by atoms with Crippen LogP contribution in [0.2, 0.25) is 5.02 Å². The number of halogens is 1. The maximum atomic E-state index is 11.3. The molecule has 0 saturated heterocycles.